The van der Waals surface area contributed by atoms with Gasteiger partial charge in [-0.1, -0.05) is 32.6 Å². The lowest BCUT2D eigenvalue weighted by Crippen LogP contribution is -2.00. The van der Waals surface area contributed by atoms with Crippen LogP contribution in [-0.2, 0) is 0 Å². The van der Waals surface area contributed by atoms with Gasteiger partial charge >= 0.3 is 0 Å². The summed E-state index contributed by atoms with van der Waals surface area (Å²) in [6.45, 7) is 4.76. The summed E-state index contributed by atoms with van der Waals surface area (Å²) in [5.74, 6) is 0.567. The fourth-order valence-corrected chi connectivity index (χ4v) is 1.66. The lowest BCUT2D eigenvalue weighted by molar-refractivity contribution is 0.293. The third-order valence-corrected chi connectivity index (χ3v) is 2.56. The smallest absolute Gasteiger partial charge is 0.214 e. The van der Waals surface area contributed by atoms with Gasteiger partial charge in [-0.05, 0) is 19.4 Å². The molecule has 0 fully saturated rings. The molecule has 0 aromatic carbocycles. The summed E-state index contributed by atoms with van der Waals surface area (Å²) in [6, 6.07) is 5.56. The molecule has 0 aliphatic rings. The highest BCUT2D eigenvalue weighted by molar-refractivity contribution is 5.33. The molecule has 0 saturated carbocycles. The van der Waals surface area contributed by atoms with Gasteiger partial charge in [0.2, 0.25) is 5.88 Å². The van der Waals surface area contributed by atoms with Crippen LogP contribution in [0.25, 0.3) is 0 Å². The Hall–Kier alpha value is -1.56. The van der Waals surface area contributed by atoms with E-state index in [0.29, 0.717) is 18.1 Å². The van der Waals surface area contributed by atoms with Gasteiger partial charge in [0.15, 0.2) is 0 Å². The first-order valence-corrected chi connectivity index (χ1v) is 6.28. The molecule has 0 bridgehead atoms. The van der Waals surface area contributed by atoms with Crippen LogP contribution in [0.2, 0.25) is 0 Å². The van der Waals surface area contributed by atoms with E-state index in [9.17, 15) is 0 Å². The maximum atomic E-state index is 8.82. The fourth-order valence-electron chi connectivity index (χ4n) is 1.66. The number of ether oxygens (including phenoxy) is 1. The number of unbranched alkanes of at least 4 members (excludes halogenated alkanes) is 4. The SMILES string of the molecule is CCCCCCCOc1cc(C#N)cc(C)n1. The maximum Gasteiger partial charge on any atom is 0.214 e. The Balaban J connectivity index is 2.32. The highest BCUT2D eigenvalue weighted by atomic mass is 16.5. The Labute approximate surface area is 103 Å². The standard InChI is InChI=1S/C14H20N2O/c1-3-4-5-6-7-8-17-14-10-13(11-15)9-12(2)16-14/h9-10H,3-8H2,1-2H3. The Bertz CT molecular complexity index is 382. The summed E-state index contributed by atoms with van der Waals surface area (Å²) in [6.07, 6.45) is 6.07. The second-order valence-corrected chi connectivity index (χ2v) is 4.21. The number of nitrogens with zero attached hydrogens (tertiary/aromatic N) is 2. The zero-order valence-electron chi connectivity index (χ0n) is 10.7. The Morgan fingerprint density at radius 2 is 2.00 bits per heavy atom. The van der Waals surface area contributed by atoms with Crippen LogP contribution in [0.5, 0.6) is 5.88 Å². The molecule has 3 heteroatoms. The van der Waals surface area contributed by atoms with Crippen molar-refractivity contribution in [2.24, 2.45) is 0 Å². The number of hydrogen-bond acceptors (Lipinski definition) is 3. The first-order chi connectivity index (χ1) is 8.26. The monoisotopic (exact) mass is 232 g/mol. The number of aromatic nitrogens is 1. The zero-order valence-corrected chi connectivity index (χ0v) is 10.7. The van der Waals surface area contributed by atoms with Gasteiger partial charge in [-0.25, -0.2) is 4.98 Å². The lowest BCUT2D eigenvalue weighted by Gasteiger charge is -2.06. The van der Waals surface area contributed by atoms with Crippen molar-refractivity contribution in [2.45, 2.75) is 46.0 Å². The van der Waals surface area contributed by atoms with E-state index in [2.05, 4.69) is 18.0 Å². The zero-order chi connectivity index (χ0) is 12.5. The van der Waals surface area contributed by atoms with Crippen molar-refractivity contribution in [1.29, 1.82) is 5.26 Å². The van der Waals surface area contributed by atoms with E-state index in [0.717, 1.165) is 12.1 Å². The minimum Gasteiger partial charge on any atom is -0.478 e. The number of hydrogen-bond donors (Lipinski definition) is 0. The van der Waals surface area contributed by atoms with E-state index in [1.165, 1.54) is 25.7 Å². The second kappa shape index (κ2) is 7.67. The summed E-state index contributed by atoms with van der Waals surface area (Å²) >= 11 is 0. The van der Waals surface area contributed by atoms with Crippen LogP contribution in [0.1, 0.15) is 50.3 Å². The minimum atomic E-state index is 0.567. The van der Waals surface area contributed by atoms with Gasteiger partial charge in [-0.15, -0.1) is 0 Å². The Kier molecular flexibility index (Phi) is 6.09. The van der Waals surface area contributed by atoms with Gasteiger partial charge in [0.05, 0.1) is 18.2 Å². The van der Waals surface area contributed by atoms with Crippen molar-refractivity contribution in [3.8, 4) is 11.9 Å². The Morgan fingerprint density at radius 1 is 1.24 bits per heavy atom. The highest BCUT2D eigenvalue weighted by Gasteiger charge is 2.00. The van der Waals surface area contributed by atoms with Crippen molar-refractivity contribution in [3.63, 3.8) is 0 Å². The molecule has 0 atom stereocenters. The lowest BCUT2D eigenvalue weighted by atomic mass is 10.2. The molecule has 0 aliphatic heterocycles. The molecule has 1 aromatic rings. The summed E-state index contributed by atoms with van der Waals surface area (Å²) in [7, 11) is 0. The van der Waals surface area contributed by atoms with Gasteiger partial charge in [0.25, 0.3) is 0 Å². The van der Waals surface area contributed by atoms with Crippen molar-refractivity contribution in [1.82, 2.24) is 4.98 Å². The van der Waals surface area contributed by atoms with E-state index in [4.69, 9.17) is 10.00 Å². The molecule has 0 amide bonds. The van der Waals surface area contributed by atoms with Crippen molar-refractivity contribution in [2.75, 3.05) is 6.61 Å². The minimum absolute atomic E-state index is 0.567. The predicted octanol–water partition coefficient (Wildman–Crippen LogP) is 3.61. The van der Waals surface area contributed by atoms with Crippen molar-refractivity contribution < 1.29 is 4.74 Å². The largest absolute Gasteiger partial charge is 0.478 e. The van der Waals surface area contributed by atoms with E-state index < -0.39 is 0 Å². The summed E-state index contributed by atoms with van der Waals surface area (Å²) in [5, 5.41) is 8.82. The molecule has 17 heavy (non-hydrogen) atoms. The third kappa shape index (κ3) is 5.35. The van der Waals surface area contributed by atoms with E-state index in [1.807, 2.05) is 6.92 Å². The summed E-state index contributed by atoms with van der Waals surface area (Å²) < 4.78 is 5.55. The van der Waals surface area contributed by atoms with E-state index >= 15 is 0 Å². The van der Waals surface area contributed by atoms with E-state index in [1.54, 1.807) is 12.1 Å². The quantitative estimate of drug-likeness (QED) is 0.674. The van der Waals surface area contributed by atoms with E-state index in [-0.39, 0.29) is 0 Å². The predicted molar refractivity (Wildman–Crippen MR) is 67.9 cm³/mol. The highest BCUT2D eigenvalue weighted by Crippen LogP contribution is 2.12. The van der Waals surface area contributed by atoms with Crippen molar-refractivity contribution in [3.05, 3.63) is 23.4 Å². The van der Waals surface area contributed by atoms with Crippen LogP contribution in [0.4, 0.5) is 0 Å². The molecular weight excluding hydrogens is 212 g/mol. The first kappa shape index (κ1) is 13.5. The average Bonchev–Trinajstić information content (AvgIpc) is 2.33. The number of rotatable bonds is 7. The van der Waals surface area contributed by atoms with Gasteiger partial charge in [0, 0.05) is 11.8 Å². The first-order valence-electron chi connectivity index (χ1n) is 6.28. The molecule has 0 unspecified atom stereocenters. The normalized spacial score (nSPS) is 9.94. The van der Waals surface area contributed by atoms with Crippen molar-refractivity contribution >= 4 is 0 Å². The fraction of sp³-hybridized carbons (Fsp3) is 0.571. The summed E-state index contributed by atoms with van der Waals surface area (Å²) in [4.78, 5) is 4.24. The van der Waals surface area contributed by atoms with Gasteiger partial charge < -0.3 is 4.74 Å². The number of pyridine rings is 1. The number of nitriles is 1. The molecule has 0 aliphatic carbocycles. The van der Waals surface area contributed by atoms with Gasteiger partial charge in [0.1, 0.15) is 0 Å². The topological polar surface area (TPSA) is 45.9 Å². The van der Waals surface area contributed by atoms with Crippen LogP contribution >= 0.6 is 0 Å². The maximum absolute atomic E-state index is 8.82. The summed E-state index contributed by atoms with van der Waals surface area (Å²) in [5.41, 5.74) is 1.43. The second-order valence-electron chi connectivity index (χ2n) is 4.21. The molecule has 0 spiro atoms. The molecule has 0 N–H and O–H groups in total. The molecule has 1 rings (SSSR count). The molecule has 1 heterocycles. The molecule has 0 radical (unpaired) electrons. The van der Waals surface area contributed by atoms with Crippen LogP contribution < -0.4 is 4.74 Å². The molecule has 1 aromatic heterocycles. The van der Waals surface area contributed by atoms with Crippen LogP contribution in [0, 0.1) is 18.3 Å². The van der Waals surface area contributed by atoms with Crippen LogP contribution in [0.3, 0.4) is 0 Å². The van der Waals surface area contributed by atoms with Gasteiger partial charge in [-0.3, -0.25) is 0 Å². The Morgan fingerprint density at radius 3 is 2.71 bits per heavy atom. The molecule has 3 nitrogen and oxygen atoms in total. The third-order valence-electron chi connectivity index (χ3n) is 2.56. The van der Waals surface area contributed by atoms with Gasteiger partial charge in [-0.2, -0.15) is 5.26 Å². The number of aryl methyl sites for hydroxylation is 1. The van der Waals surface area contributed by atoms with Crippen LogP contribution in [0.15, 0.2) is 12.1 Å². The molecule has 0 saturated heterocycles. The average molecular weight is 232 g/mol. The van der Waals surface area contributed by atoms with Crippen LogP contribution in [-0.4, -0.2) is 11.6 Å². The molecule has 92 valence electrons. The molecular formula is C14H20N2O.